The molecule has 0 radical (unpaired) electrons. The van der Waals surface area contributed by atoms with Crippen molar-refractivity contribution in [1.29, 1.82) is 0 Å². The summed E-state index contributed by atoms with van der Waals surface area (Å²) in [5.41, 5.74) is 0. The van der Waals surface area contributed by atoms with E-state index in [4.69, 9.17) is 13.6 Å². The van der Waals surface area contributed by atoms with Crippen molar-refractivity contribution in [2.24, 2.45) is 35.5 Å². The zero-order valence-electron chi connectivity index (χ0n) is 38.4. The largest absolute Gasteiger partial charge is 0.475 e. The zero-order chi connectivity index (χ0) is 39.9. The third kappa shape index (κ3) is 23.2. The van der Waals surface area contributed by atoms with E-state index in [1.807, 2.05) is 0 Å². The lowest BCUT2D eigenvalue weighted by molar-refractivity contribution is -0.0305. The van der Waals surface area contributed by atoms with Crippen LogP contribution < -0.4 is 0 Å². The van der Waals surface area contributed by atoms with Gasteiger partial charge in [0.15, 0.2) is 0 Å². The third-order valence-corrected chi connectivity index (χ3v) is 14.6. The average molecular weight is 771 g/mol. The summed E-state index contributed by atoms with van der Waals surface area (Å²) in [4.78, 5) is 0. The summed E-state index contributed by atoms with van der Waals surface area (Å²) in [5.74, 6) is 2.75. The van der Waals surface area contributed by atoms with Gasteiger partial charge >= 0.3 is 7.82 Å². The molecule has 0 amide bonds. The second-order valence-electron chi connectivity index (χ2n) is 17.3. The lowest BCUT2D eigenvalue weighted by atomic mass is 9.85. The summed E-state index contributed by atoms with van der Waals surface area (Å²) in [5, 5.41) is 0. The number of hydrogen-bond acceptors (Lipinski definition) is 4. The summed E-state index contributed by atoms with van der Waals surface area (Å²) >= 11 is 0. The SMILES string of the molecule is CCCCC(CC)CC(OP(=O)(OC(CC(CC)CCCC)C(CC)CCCC)OC(CC(CC)CCCC)C(CC)CCCC)C(CC)CCCC. The Balaban J connectivity index is 7.42. The molecule has 9 atom stereocenters. The highest BCUT2D eigenvalue weighted by molar-refractivity contribution is 7.48. The molecule has 320 valence electrons. The van der Waals surface area contributed by atoms with Crippen molar-refractivity contribution in [2.75, 3.05) is 0 Å². The highest BCUT2D eigenvalue weighted by Gasteiger charge is 2.43. The van der Waals surface area contributed by atoms with E-state index in [2.05, 4.69) is 83.1 Å². The smallest absolute Gasteiger partial charge is 0.283 e. The molecule has 0 bridgehead atoms. The van der Waals surface area contributed by atoms with Gasteiger partial charge in [-0.25, -0.2) is 4.57 Å². The molecule has 4 nitrogen and oxygen atoms in total. The highest BCUT2D eigenvalue weighted by Crippen LogP contribution is 2.58. The van der Waals surface area contributed by atoms with Crippen LogP contribution in [0.15, 0.2) is 0 Å². The third-order valence-electron chi connectivity index (χ3n) is 13.1. The van der Waals surface area contributed by atoms with Crippen LogP contribution in [-0.4, -0.2) is 18.3 Å². The van der Waals surface area contributed by atoms with Crippen molar-refractivity contribution in [3.8, 4) is 0 Å². The molecule has 0 fully saturated rings. The van der Waals surface area contributed by atoms with Crippen molar-refractivity contribution in [1.82, 2.24) is 0 Å². The Morgan fingerprint density at radius 1 is 0.340 bits per heavy atom. The molecule has 5 heteroatoms. The fraction of sp³-hybridized carbons (Fsp3) is 1.00. The van der Waals surface area contributed by atoms with Crippen LogP contribution in [0.25, 0.3) is 0 Å². The van der Waals surface area contributed by atoms with E-state index in [0.29, 0.717) is 35.5 Å². The van der Waals surface area contributed by atoms with Crippen LogP contribution >= 0.6 is 7.82 Å². The topological polar surface area (TPSA) is 44.8 Å². The Labute approximate surface area is 335 Å². The van der Waals surface area contributed by atoms with Crippen molar-refractivity contribution in [2.45, 2.75) is 275 Å². The standard InChI is InChI=1S/C48H99O4P/c1-13-25-31-40(19-7)37-46(43(22-10)34-28-16-4)50-53(49,51-47(44(23-11)35-29-17-5)38-41(20-8)32-26-14-2)52-48(45(24-12)36-30-18-6)39-42(21-9)33-27-15-3/h40-48H,13-39H2,1-12H3. The van der Waals surface area contributed by atoms with Crippen LogP contribution in [-0.2, 0) is 18.1 Å². The fourth-order valence-electron chi connectivity index (χ4n) is 8.82. The molecule has 0 saturated carbocycles. The average Bonchev–Trinajstić information content (AvgIpc) is 3.16. The van der Waals surface area contributed by atoms with Gasteiger partial charge in [-0.1, -0.05) is 218 Å². The highest BCUT2D eigenvalue weighted by atomic mass is 31.2. The van der Waals surface area contributed by atoms with Crippen LogP contribution in [0.5, 0.6) is 0 Å². The molecule has 0 rings (SSSR count). The Morgan fingerprint density at radius 2 is 0.566 bits per heavy atom. The van der Waals surface area contributed by atoms with E-state index in [-0.39, 0.29) is 18.3 Å². The minimum atomic E-state index is -3.96. The monoisotopic (exact) mass is 771 g/mol. The first-order valence-electron chi connectivity index (χ1n) is 24.3. The van der Waals surface area contributed by atoms with Gasteiger partial charge in [-0.3, -0.25) is 13.6 Å². The first kappa shape index (κ1) is 53.1. The number of rotatable bonds is 39. The lowest BCUT2D eigenvalue weighted by Gasteiger charge is -2.38. The Morgan fingerprint density at radius 3 is 0.755 bits per heavy atom. The van der Waals surface area contributed by atoms with Crippen molar-refractivity contribution in [3.05, 3.63) is 0 Å². The second-order valence-corrected chi connectivity index (χ2v) is 18.8. The first-order valence-corrected chi connectivity index (χ1v) is 25.7. The molecule has 0 aliphatic rings. The summed E-state index contributed by atoms with van der Waals surface area (Å²) in [6, 6.07) is 0. The number of phosphoric acid groups is 1. The summed E-state index contributed by atoms with van der Waals surface area (Å²) in [6.45, 7) is 27.7. The van der Waals surface area contributed by atoms with Gasteiger partial charge in [0.05, 0.1) is 18.3 Å². The van der Waals surface area contributed by atoms with Crippen LogP contribution in [0, 0.1) is 35.5 Å². The molecule has 0 aliphatic carbocycles. The van der Waals surface area contributed by atoms with Gasteiger partial charge in [0.1, 0.15) is 0 Å². The summed E-state index contributed by atoms with van der Waals surface area (Å²) in [6.07, 6.45) is 30.4. The molecule has 0 aromatic heterocycles. The maximum absolute atomic E-state index is 16.1. The minimum absolute atomic E-state index is 0.115. The van der Waals surface area contributed by atoms with Gasteiger partial charge in [0.2, 0.25) is 0 Å². The Hall–Kier alpha value is 0.110. The van der Waals surface area contributed by atoms with Crippen LogP contribution in [0.1, 0.15) is 256 Å². The zero-order valence-corrected chi connectivity index (χ0v) is 39.3. The minimum Gasteiger partial charge on any atom is -0.283 e. The Kier molecular flexibility index (Phi) is 34.2. The summed E-state index contributed by atoms with van der Waals surface area (Å²) < 4.78 is 37.9. The van der Waals surface area contributed by atoms with Crippen molar-refractivity contribution in [3.63, 3.8) is 0 Å². The lowest BCUT2D eigenvalue weighted by Crippen LogP contribution is -2.33. The van der Waals surface area contributed by atoms with E-state index in [1.165, 1.54) is 96.3 Å². The number of hydrogen-bond donors (Lipinski definition) is 0. The van der Waals surface area contributed by atoms with Crippen molar-refractivity contribution < 1.29 is 18.1 Å². The molecular formula is C48H99O4P. The van der Waals surface area contributed by atoms with Gasteiger partial charge < -0.3 is 0 Å². The first-order chi connectivity index (χ1) is 25.6. The quantitative estimate of drug-likeness (QED) is 0.0584. The van der Waals surface area contributed by atoms with Gasteiger partial charge in [0, 0.05) is 0 Å². The fourth-order valence-corrected chi connectivity index (χ4v) is 10.7. The molecule has 9 unspecified atom stereocenters. The molecule has 0 aromatic rings. The van der Waals surface area contributed by atoms with E-state index >= 15 is 4.57 Å². The number of unbranched alkanes of at least 4 members (excludes halogenated alkanes) is 6. The van der Waals surface area contributed by atoms with Gasteiger partial charge in [-0.15, -0.1) is 0 Å². The van der Waals surface area contributed by atoms with E-state index in [9.17, 15) is 0 Å². The van der Waals surface area contributed by atoms with Gasteiger partial charge in [-0.05, 0) is 74.0 Å². The molecule has 0 spiro atoms. The molecule has 0 saturated heterocycles. The summed E-state index contributed by atoms with van der Waals surface area (Å²) in [7, 11) is -3.96. The normalized spacial score (nSPS) is 18.5. The number of phosphoric ester groups is 1. The van der Waals surface area contributed by atoms with Gasteiger partial charge in [-0.2, -0.15) is 0 Å². The van der Waals surface area contributed by atoms with E-state index in [0.717, 1.165) is 77.0 Å². The molecule has 0 N–H and O–H groups in total. The molecular weight excluding hydrogens is 671 g/mol. The van der Waals surface area contributed by atoms with Crippen LogP contribution in [0.2, 0.25) is 0 Å². The predicted octanol–water partition coefficient (Wildman–Crippen LogP) is 17.7. The van der Waals surface area contributed by atoms with Crippen LogP contribution in [0.4, 0.5) is 0 Å². The second kappa shape index (κ2) is 34.2. The molecule has 0 aromatic carbocycles. The van der Waals surface area contributed by atoms with Gasteiger partial charge in [0.25, 0.3) is 0 Å². The van der Waals surface area contributed by atoms with Crippen molar-refractivity contribution >= 4 is 7.82 Å². The molecule has 0 aliphatic heterocycles. The van der Waals surface area contributed by atoms with Crippen LogP contribution in [0.3, 0.4) is 0 Å². The van der Waals surface area contributed by atoms with E-state index < -0.39 is 7.82 Å². The maximum atomic E-state index is 16.1. The predicted molar refractivity (Wildman–Crippen MR) is 236 cm³/mol. The van der Waals surface area contributed by atoms with E-state index in [1.54, 1.807) is 0 Å². The Bertz CT molecular complexity index is 730. The molecule has 0 heterocycles. The maximum Gasteiger partial charge on any atom is 0.475 e. The molecule has 53 heavy (non-hydrogen) atoms.